The van der Waals surface area contributed by atoms with Crippen molar-refractivity contribution >= 4 is 40.1 Å². The molecule has 1 aromatic carbocycles. The van der Waals surface area contributed by atoms with Crippen LogP contribution in [0, 0.1) is 3.57 Å². The van der Waals surface area contributed by atoms with Gasteiger partial charge in [-0.15, -0.1) is 0 Å². The van der Waals surface area contributed by atoms with Gasteiger partial charge in [0.1, 0.15) is 0 Å². The Morgan fingerprint density at radius 3 is 2.86 bits per heavy atom. The summed E-state index contributed by atoms with van der Waals surface area (Å²) in [6.07, 6.45) is 0. The number of aromatic nitrogens is 4. The molecule has 0 aliphatic carbocycles. The molecule has 0 saturated heterocycles. The van der Waals surface area contributed by atoms with Gasteiger partial charge in [-0.05, 0) is 51.2 Å². The molecule has 0 aliphatic rings. The Morgan fingerprint density at radius 2 is 2.21 bits per heavy atom. The van der Waals surface area contributed by atoms with Crippen molar-refractivity contribution in [2.24, 2.45) is 0 Å². The van der Waals surface area contributed by atoms with Crippen LogP contribution in [0.2, 0.25) is 5.02 Å². The molecule has 5 nitrogen and oxygen atoms in total. The number of halogens is 2. The van der Waals surface area contributed by atoms with E-state index in [-0.39, 0.29) is 5.95 Å². The van der Waals surface area contributed by atoms with Crippen molar-refractivity contribution in [3.63, 3.8) is 0 Å². The van der Waals surface area contributed by atoms with Crippen LogP contribution in [0.4, 0.5) is 5.95 Å². The molecule has 2 N–H and O–H groups in total. The number of nitrogen functional groups attached to an aromatic ring is 1. The van der Waals surface area contributed by atoms with Gasteiger partial charge in [0.05, 0.1) is 5.69 Å². The van der Waals surface area contributed by atoms with Crippen molar-refractivity contribution in [1.82, 2.24) is 20.2 Å². The number of hydrogen-bond acceptors (Lipinski definition) is 4. The van der Waals surface area contributed by atoms with Crippen LogP contribution in [-0.4, -0.2) is 20.2 Å². The molecule has 2 aromatic rings. The zero-order valence-corrected chi connectivity index (χ0v) is 9.77. The van der Waals surface area contributed by atoms with E-state index < -0.39 is 0 Å². The number of tetrazole rings is 1. The van der Waals surface area contributed by atoms with Gasteiger partial charge in [-0.1, -0.05) is 16.7 Å². The third kappa shape index (κ3) is 1.67. The van der Waals surface area contributed by atoms with Crippen LogP contribution < -0.4 is 5.73 Å². The minimum Gasteiger partial charge on any atom is -0.366 e. The van der Waals surface area contributed by atoms with E-state index >= 15 is 0 Å². The van der Waals surface area contributed by atoms with E-state index in [4.69, 9.17) is 17.3 Å². The lowest BCUT2D eigenvalue weighted by molar-refractivity contribution is 0.789. The summed E-state index contributed by atoms with van der Waals surface area (Å²) in [5.74, 6) is 0.241. The summed E-state index contributed by atoms with van der Waals surface area (Å²) in [4.78, 5) is 0. The SMILES string of the molecule is Nc1nnnn1-c1cc(Cl)ccc1I. The maximum absolute atomic E-state index is 5.86. The zero-order valence-electron chi connectivity index (χ0n) is 6.85. The number of anilines is 1. The maximum atomic E-state index is 5.86. The molecule has 0 bridgehead atoms. The van der Waals surface area contributed by atoms with E-state index in [0.717, 1.165) is 9.26 Å². The molecule has 1 aromatic heterocycles. The topological polar surface area (TPSA) is 69.6 Å². The van der Waals surface area contributed by atoms with Gasteiger partial charge in [-0.2, -0.15) is 4.68 Å². The summed E-state index contributed by atoms with van der Waals surface area (Å²) in [6.45, 7) is 0. The van der Waals surface area contributed by atoms with E-state index in [2.05, 4.69) is 38.1 Å². The number of rotatable bonds is 1. The van der Waals surface area contributed by atoms with Gasteiger partial charge in [0, 0.05) is 8.59 Å². The largest absolute Gasteiger partial charge is 0.366 e. The molecule has 2 rings (SSSR count). The van der Waals surface area contributed by atoms with Crippen LogP contribution in [0.3, 0.4) is 0 Å². The Balaban J connectivity index is 2.62. The van der Waals surface area contributed by atoms with E-state index in [1.165, 1.54) is 4.68 Å². The zero-order chi connectivity index (χ0) is 10.1. The second-order valence-electron chi connectivity index (χ2n) is 2.54. The predicted octanol–water partition coefficient (Wildman–Crippen LogP) is 1.50. The van der Waals surface area contributed by atoms with E-state index in [1.807, 2.05) is 6.07 Å². The van der Waals surface area contributed by atoms with E-state index in [9.17, 15) is 0 Å². The fourth-order valence-corrected chi connectivity index (χ4v) is 1.74. The van der Waals surface area contributed by atoms with Crippen LogP contribution in [-0.2, 0) is 0 Å². The second-order valence-corrected chi connectivity index (χ2v) is 4.14. The van der Waals surface area contributed by atoms with E-state index in [0.29, 0.717) is 5.02 Å². The van der Waals surface area contributed by atoms with Gasteiger partial charge in [-0.25, -0.2) is 0 Å². The summed E-state index contributed by atoms with van der Waals surface area (Å²) in [5.41, 5.74) is 6.35. The highest BCUT2D eigenvalue weighted by Gasteiger charge is 2.08. The molecule has 0 atom stereocenters. The average Bonchev–Trinajstić information content (AvgIpc) is 2.56. The molecule has 0 fully saturated rings. The normalized spacial score (nSPS) is 10.4. The lowest BCUT2D eigenvalue weighted by Gasteiger charge is -2.04. The summed E-state index contributed by atoms with van der Waals surface area (Å²) in [5, 5.41) is 11.4. The Kier molecular flexibility index (Phi) is 2.55. The highest BCUT2D eigenvalue weighted by atomic mass is 127. The van der Waals surface area contributed by atoms with Gasteiger partial charge < -0.3 is 5.73 Å². The average molecular weight is 322 g/mol. The molecule has 0 radical (unpaired) electrons. The summed E-state index contributed by atoms with van der Waals surface area (Å²) in [6, 6.07) is 5.43. The first-order valence-electron chi connectivity index (χ1n) is 3.68. The first-order chi connectivity index (χ1) is 6.68. The molecule has 14 heavy (non-hydrogen) atoms. The Bertz CT molecular complexity index is 469. The van der Waals surface area contributed by atoms with Crippen LogP contribution >= 0.6 is 34.2 Å². The van der Waals surface area contributed by atoms with E-state index in [1.54, 1.807) is 12.1 Å². The third-order valence-electron chi connectivity index (χ3n) is 1.63. The van der Waals surface area contributed by atoms with Gasteiger partial charge in [0.15, 0.2) is 0 Å². The molecular formula is C7H5ClIN5. The smallest absolute Gasteiger partial charge is 0.245 e. The third-order valence-corrected chi connectivity index (χ3v) is 2.78. The number of benzene rings is 1. The van der Waals surface area contributed by atoms with Crippen molar-refractivity contribution in [2.75, 3.05) is 5.73 Å². The standard InChI is InChI=1S/C7H5ClIN5/c8-4-1-2-5(9)6(3-4)14-7(10)11-12-13-14/h1-3H,(H2,10,11,13). The highest BCUT2D eigenvalue weighted by Crippen LogP contribution is 2.21. The van der Waals surface area contributed by atoms with Crippen molar-refractivity contribution in [2.45, 2.75) is 0 Å². The minimum atomic E-state index is 0.241. The van der Waals surface area contributed by atoms with Gasteiger partial charge in [0.25, 0.3) is 0 Å². The fourth-order valence-electron chi connectivity index (χ4n) is 1.01. The number of nitrogens with zero attached hydrogens (tertiary/aromatic N) is 4. The molecule has 0 unspecified atom stereocenters. The van der Waals surface area contributed by atoms with Gasteiger partial charge >= 0.3 is 0 Å². The Morgan fingerprint density at radius 1 is 1.43 bits per heavy atom. The first-order valence-corrected chi connectivity index (χ1v) is 5.13. The predicted molar refractivity (Wildman–Crippen MR) is 61.3 cm³/mol. The monoisotopic (exact) mass is 321 g/mol. The molecule has 0 aliphatic heterocycles. The molecule has 7 heteroatoms. The van der Waals surface area contributed by atoms with Gasteiger partial charge in [0.2, 0.25) is 5.95 Å². The lowest BCUT2D eigenvalue weighted by atomic mass is 10.3. The van der Waals surface area contributed by atoms with Crippen LogP contribution in [0.5, 0.6) is 0 Å². The van der Waals surface area contributed by atoms with Crippen molar-refractivity contribution in [1.29, 1.82) is 0 Å². The molecule has 0 saturated carbocycles. The van der Waals surface area contributed by atoms with Crippen LogP contribution in [0.25, 0.3) is 5.69 Å². The molecule has 1 heterocycles. The quantitative estimate of drug-likeness (QED) is 0.808. The maximum Gasteiger partial charge on any atom is 0.245 e. The molecule has 0 spiro atoms. The van der Waals surface area contributed by atoms with Crippen molar-refractivity contribution in [3.05, 3.63) is 26.8 Å². The minimum absolute atomic E-state index is 0.241. The Labute approximate surface area is 98.4 Å². The first kappa shape index (κ1) is 9.66. The van der Waals surface area contributed by atoms with Crippen LogP contribution in [0.15, 0.2) is 18.2 Å². The summed E-state index contributed by atoms with van der Waals surface area (Å²) >= 11 is 8.02. The molecule has 72 valence electrons. The fraction of sp³-hybridized carbons (Fsp3) is 0. The summed E-state index contributed by atoms with van der Waals surface area (Å²) < 4.78 is 2.42. The summed E-state index contributed by atoms with van der Waals surface area (Å²) in [7, 11) is 0. The van der Waals surface area contributed by atoms with Crippen molar-refractivity contribution < 1.29 is 0 Å². The van der Waals surface area contributed by atoms with Gasteiger partial charge in [-0.3, -0.25) is 0 Å². The highest BCUT2D eigenvalue weighted by molar-refractivity contribution is 14.1. The van der Waals surface area contributed by atoms with Crippen LogP contribution in [0.1, 0.15) is 0 Å². The molecular weight excluding hydrogens is 316 g/mol. The second kappa shape index (κ2) is 3.70. The Hall–Kier alpha value is -0.890. The number of nitrogens with two attached hydrogens (primary N) is 1. The molecule has 0 amide bonds. The lowest BCUT2D eigenvalue weighted by Crippen LogP contribution is -2.04. The number of hydrogen-bond donors (Lipinski definition) is 1. The van der Waals surface area contributed by atoms with Crippen molar-refractivity contribution in [3.8, 4) is 5.69 Å².